The fraction of sp³-hybridized carbons (Fsp3) is 0.583. The summed E-state index contributed by atoms with van der Waals surface area (Å²) >= 11 is 4.47. The van der Waals surface area contributed by atoms with E-state index in [0.29, 0.717) is 23.9 Å². The zero-order chi connectivity index (χ0) is 15.1. The van der Waals surface area contributed by atoms with Crippen molar-refractivity contribution in [2.24, 2.45) is 5.92 Å². The van der Waals surface area contributed by atoms with E-state index in [0.717, 1.165) is 4.88 Å². The lowest BCUT2D eigenvalue weighted by Gasteiger charge is -2.36. The maximum Gasteiger partial charge on any atom is 0.308 e. The molecule has 1 aromatic rings. The lowest BCUT2D eigenvalue weighted by atomic mass is 9.92. The highest BCUT2D eigenvalue weighted by Crippen LogP contribution is 2.36. The standard InChI is InChI=1S/C12H16BrNO4S2/c1-7-6-10(13)12(19-7)20(17,18)14-5-3-4-9(8(14)2)11(15)16/h6,8-9H,3-5H2,1-2H3,(H,15,16)/t8-,9-/m1/s1. The largest absolute Gasteiger partial charge is 0.481 e. The number of aryl methyl sites for hydroxylation is 1. The zero-order valence-corrected chi connectivity index (χ0v) is 14.4. The Morgan fingerprint density at radius 1 is 1.55 bits per heavy atom. The van der Waals surface area contributed by atoms with Crippen molar-refractivity contribution in [1.29, 1.82) is 0 Å². The third kappa shape index (κ3) is 2.79. The van der Waals surface area contributed by atoms with Crippen molar-refractivity contribution in [1.82, 2.24) is 4.31 Å². The predicted octanol–water partition coefficient (Wildman–Crippen LogP) is 2.69. The summed E-state index contributed by atoms with van der Waals surface area (Å²) in [5, 5.41) is 9.19. The van der Waals surface area contributed by atoms with Gasteiger partial charge in [-0.05, 0) is 48.7 Å². The summed E-state index contributed by atoms with van der Waals surface area (Å²) < 4.78 is 27.6. The van der Waals surface area contributed by atoms with Gasteiger partial charge in [-0.1, -0.05) is 0 Å². The van der Waals surface area contributed by atoms with Crippen molar-refractivity contribution in [2.75, 3.05) is 6.54 Å². The molecule has 2 heterocycles. The molecule has 0 unspecified atom stereocenters. The van der Waals surface area contributed by atoms with Crippen molar-refractivity contribution in [3.63, 3.8) is 0 Å². The van der Waals surface area contributed by atoms with Crippen LogP contribution >= 0.6 is 27.3 Å². The smallest absolute Gasteiger partial charge is 0.308 e. The monoisotopic (exact) mass is 381 g/mol. The van der Waals surface area contributed by atoms with Crippen LogP contribution in [0.5, 0.6) is 0 Å². The first-order chi connectivity index (χ1) is 9.25. The Bertz CT molecular complexity index is 625. The molecule has 0 saturated carbocycles. The number of sulfonamides is 1. The maximum absolute atomic E-state index is 12.7. The summed E-state index contributed by atoms with van der Waals surface area (Å²) in [5.41, 5.74) is 0. The molecule has 0 aromatic carbocycles. The normalized spacial score (nSPS) is 24.8. The van der Waals surface area contributed by atoms with Gasteiger partial charge >= 0.3 is 5.97 Å². The molecule has 0 amide bonds. The first kappa shape index (κ1) is 15.9. The van der Waals surface area contributed by atoms with Gasteiger partial charge in [-0.15, -0.1) is 11.3 Å². The molecule has 0 spiro atoms. The van der Waals surface area contributed by atoms with Crippen molar-refractivity contribution in [3.8, 4) is 0 Å². The molecule has 0 radical (unpaired) electrons. The molecular weight excluding hydrogens is 366 g/mol. The van der Waals surface area contributed by atoms with Crippen LogP contribution in [-0.4, -0.2) is 36.4 Å². The average molecular weight is 382 g/mol. The van der Waals surface area contributed by atoms with E-state index >= 15 is 0 Å². The second kappa shape index (κ2) is 5.75. The van der Waals surface area contributed by atoms with Gasteiger partial charge in [0.2, 0.25) is 0 Å². The first-order valence-corrected chi connectivity index (χ1v) is 9.30. The average Bonchev–Trinajstić information content (AvgIpc) is 2.68. The summed E-state index contributed by atoms with van der Waals surface area (Å²) in [5.74, 6) is -1.57. The van der Waals surface area contributed by atoms with E-state index in [4.69, 9.17) is 0 Å². The van der Waals surface area contributed by atoms with E-state index in [-0.39, 0.29) is 4.21 Å². The fourth-order valence-corrected chi connectivity index (χ4v) is 7.08. The van der Waals surface area contributed by atoms with E-state index in [1.54, 1.807) is 13.0 Å². The minimum Gasteiger partial charge on any atom is -0.481 e. The second-order valence-corrected chi connectivity index (χ2v) is 9.13. The third-order valence-corrected chi connectivity index (χ3v) is 8.27. The molecule has 20 heavy (non-hydrogen) atoms. The van der Waals surface area contributed by atoms with E-state index in [1.807, 2.05) is 6.92 Å². The molecule has 2 rings (SSSR count). The minimum absolute atomic E-state index is 0.257. The van der Waals surface area contributed by atoms with Gasteiger partial charge in [-0.25, -0.2) is 8.42 Å². The van der Waals surface area contributed by atoms with Crippen molar-refractivity contribution in [3.05, 3.63) is 15.4 Å². The molecule has 112 valence electrons. The van der Waals surface area contributed by atoms with Gasteiger partial charge in [-0.2, -0.15) is 4.31 Å². The number of carboxylic acids is 1. The third-order valence-electron chi connectivity index (χ3n) is 3.57. The Balaban J connectivity index is 2.39. The number of aliphatic carboxylic acids is 1. The van der Waals surface area contributed by atoms with E-state index in [9.17, 15) is 18.3 Å². The second-order valence-electron chi connectivity index (χ2n) is 4.94. The number of carbonyl (C=O) groups is 1. The Morgan fingerprint density at radius 3 is 2.70 bits per heavy atom. The zero-order valence-electron chi connectivity index (χ0n) is 11.2. The van der Waals surface area contributed by atoms with Crippen LogP contribution < -0.4 is 0 Å². The predicted molar refractivity (Wildman–Crippen MR) is 80.5 cm³/mol. The van der Waals surface area contributed by atoms with Crippen LogP contribution in [0, 0.1) is 12.8 Å². The number of nitrogens with zero attached hydrogens (tertiary/aromatic N) is 1. The highest BCUT2D eigenvalue weighted by molar-refractivity contribution is 9.10. The van der Waals surface area contributed by atoms with Gasteiger partial charge in [-0.3, -0.25) is 4.79 Å². The molecule has 1 fully saturated rings. The summed E-state index contributed by atoms with van der Waals surface area (Å²) in [6.45, 7) is 3.88. The van der Waals surface area contributed by atoms with Crippen LogP contribution in [0.2, 0.25) is 0 Å². The molecule has 5 nitrogen and oxygen atoms in total. The van der Waals surface area contributed by atoms with E-state index in [2.05, 4.69) is 15.9 Å². The lowest BCUT2D eigenvalue weighted by molar-refractivity contribution is -0.144. The maximum atomic E-state index is 12.7. The highest BCUT2D eigenvalue weighted by atomic mass is 79.9. The van der Waals surface area contributed by atoms with Gasteiger partial charge < -0.3 is 5.11 Å². The summed E-state index contributed by atoms with van der Waals surface area (Å²) in [7, 11) is -3.65. The van der Waals surface area contributed by atoms with Crippen LogP contribution in [0.25, 0.3) is 0 Å². The molecular formula is C12H16BrNO4S2. The SMILES string of the molecule is Cc1cc(Br)c(S(=O)(=O)N2CCC[C@@H](C(=O)O)[C@H]2C)s1. The molecule has 1 aromatic heterocycles. The van der Waals surface area contributed by atoms with Gasteiger partial charge in [0.05, 0.1) is 5.92 Å². The van der Waals surface area contributed by atoms with Crippen LogP contribution in [-0.2, 0) is 14.8 Å². The molecule has 1 N–H and O–H groups in total. The number of hydrogen-bond acceptors (Lipinski definition) is 4. The van der Waals surface area contributed by atoms with Crippen molar-refractivity contribution < 1.29 is 18.3 Å². The molecule has 0 aliphatic carbocycles. The highest BCUT2D eigenvalue weighted by Gasteiger charge is 2.40. The number of halogens is 1. The summed E-state index contributed by atoms with van der Waals surface area (Å²) in [6.07, 6.45) is 1.09. The number of rotatable bonds is 3. The molecule has 8 heteroatoms. The Morgan fingerprint density at radius 2 is 2.20 bits per heavy atom. The minimum atomic E-state index is -3.65. The van der Waals surface area contributed by atoms with Crippen LogP contribution in [0.15, 0.2) is 14.7 Å². The number of thiophene rings is 1. The van der Waals surface area contributed by atoms with Gasteiger partial charge in [0.1, 0.15) is 4.21 Å². The summed E-state index contributed by atoms with van der Waals surface area (Å²) in [6, 6.07) is 1.24. The van der Waals surface area contributed by atoms with Gasteiger partial charge in [0, 0.05) is 21.9 Å². The van der Waals surface area contributed by atoms with Crippen LogP contribution in [0.3, 0.4) is 0 Å². The Kier molecular flexibility index (Phi) is 4.58. The molecule has 0 bridgehead atoms. The first-order valence-electron chi connectivity index (χ1n) is 6.25. The van der Waals surface area contributed by atoms with Crippen LogP contribution in [0.4, 0.5) is 0 Å². The molecule has 1 aliphatic heterocycles. The Labute approximate surface area is 130 Å². The molecule has 2 atom stereocenters. The van der Waals surface area contributed by atoms with Crippen LogP contribution in [0.1, 0.15) is 24.6 Å². The van der Waals surface area contributed by atoms with E-state index in [1.165, 1.54) is 15.6 Å². The Hall–Kier alpha value is -0.440. The number of carboxylic acid groups (broad SMARTS) is 1. The van der Waals surface area contributed by atoms with Crippen molar-refractivity contribution in [2.45, 2.75) is 36.9 Å². The summed E-state index contributed by atoms with van der Waals surface area (Å²) in [4.78, 5) is 12.1. The number of piperidine rings is 1. The molecule has 1 saturated heterocycles. The fourth-order valence-electron chi connectivity index (χ4n) is 2.53. The lowest BCUT2D eigenvalue weighted by Crippen LogP contribution is -2.48. The number of hydrogen-bond donors (Lipinski definition) is 1. The quantitative estimate of drug-likeness (QED) is 0.872. The topological polar surface area (TPSA) is 74.7 Å². The van der Waals surface area contributed by atoms with E-state index < -0.39 is 28.0 Å². The molecule has 1 aliphatic rings. The van der Waals surface area contributed by atoms with Gasteiger partial charge in [0.25, 0.3) is 10.0 Å². The van der Waals surface area contributed by atoms with Gasteiger partial charge in [0.15, 0.2) is 0 Å². The van der Waals surface area contributed by atoms with Crippen molar-refractivity contribution >= 4 is 43.3 Å².